The summed E-state index contributed by atoms with van der Waals surface area (Å²) < 4.78 is 1.29. The Hall–Kier alpha value is -2.22. The summed E-state index contributed by atoms with van der Waals surface area (Å²) in [6, 6.07) is 0. The molecule has 1 amide bonds. The number of amides is 1. The molecule has 8 heteroatoms. The van der Waals surface area contributed by atoms with Gasteiger partial charge >= 0.3 is 5.97 Å². The number of fused-ring (bicyclic) bond motifs is 1. The van der Waals surface area contributed by atoms with Crippen LogP contribution in [0.5, 0.6) is 0 Å². The monoisotopic (exact) mass is 349 g/mol. The SMILES string of the molecule is CCC1CCC(NC(=O)c2cnc3sccn3c2=O)(C(=O)O)CC1. The highest BCUT2D eigenvalue weighted by atomic mass is 32.1. The number of rotatable bonds is 4. The molecule has 128 valence electrons. The molecular weight excluding hydrogens is 330 g/mol. The molecule has 0 saturated heterocycles. The Labute approximate surface area is 142 Å². The summed E-state index contributed by atoms with van der Waals surface area (Å²) in [6.07, 6.45) is 6.03. The molecule has 0 unspecified atom stereocenters. The Morgan fingerprint density at radius 3 is 2.79 bits per heavy atom. The van der Waals surface area contributed by atoms with Crippen LogP contribution in [0.4, 0.5) is 0 Å². The maximum atomic E-state index is 12.5. The van der Waals surface area contributed by atoms with Crippen LogP contribution in [-0.2, 0) is 4.79 Å². The third-order valence-electron chi connectivity index (χ3n) is 4.89. The summed E-state index contributed by atoms with van der Waals surface area (Å²) in [5, 5.41) is 13.9. The maximum Gasteiger partial charge on any atom is 0.329 e. The van der Waals surface area contributed by atoms with E-state index < -0.39 is 23.0 Å². The first-order valence-electron chi connectivity index (χ1n) is 7.97. The lowest BCUT2D eigenvalue weighted by molar-refractivity contribution is -0.146. The number of carbonyl (C=O) groups excluding carboxylic acids is 1. The molecule has 0 atom stereocenters. The van der Waals surface area contributed by atoms with E-state index >= 15 is 0 Å². The van der Waals surface area contributed by atoms with E-state index in [0.29, 0.717) is 23.7 Å². The van der Waals surface area contributed by atoms with Crippen LogP contribution in [0, 0.1) is 5.92 Å². The van der Waals surface area contributed by atoms with Gasteiger partial charge in [0, 0.05) is 17.8 Å². The van der Waals surface area contributed by atoms with Crippen molar-refractivity contribution >= 4 is 28.2 Å². The van der Waals surface area contributed by atoms with Crippen molar-refractivity contribution in [3.8, 4) is 0 Å². The third-order valence-corrected chi connectivity index (χ3v) is 5.66. The van der Waals surface area contributed by atoms with Gasteiger partial charge in [0.25, 0.3) is 11.5 Å². The zero-order valence-electron chi connectivity index (χ0n) is 13.3. The van der Waals surface area contributed by atoms with Crippen LogP contribution in [0.3, 0.4) is 0 Å². The van der Waals surface area contributed by atoms with Gasteiger partial charge in [0.15, 0.2) is 4.96 Å². The fourth-order valence-corrected chi connectivity index (χ4v) is 3.91. The number of carbonyl (C=O) groups is 2. The molecule has 24 heavy (non-hydrogen) atoms. The minimum Gasteiger partial charge on any atom is -0.480 e. The van der Waals surface area contributed by atoms with Gasteiger partial charge in [-0.3, -0.25) is 14.0 Å². The first-order chi connectivity index (χ1) is 11.5. The van der Waals surface area contributed by atoms with Crippen molar-refractivity contribution < 1.29 is 14.7 Å². The van der Waals surface area contributed by atoms with Crippen molar-refractivity contribution in [1.82, 2.24) is 14.7 Å². The van der Waals surface area contributed by atoms with E-state index in [2.05, 4.69) is 17.2 Å². The van der Waals surface area contributed by atoms with Gasteiger partial charge in [-0.05, 0) is 31.6 Å². The van der Waals surface area contributed by atoms with Crippen molar-refractivity contribution in [2.45, 2.75) is 44.6 Å². The lowest BCUT2D eigenvalue weighted by Crippen LogP contribution is -2.57. The molecule has 0 spiro atoms. The van der Waals surface area contributed by atoms with E-state index in [1.807, 2.05) is 0 Å². The fourth-order valence-electron chi connectivity index (χ4n) is 3.24. The number of aliphatic carboxylic acids is 1. The van der Waals surface area contributed by atoms with Crippen LogP contribution in [0.1, 0.15) is 49.4 Å². The van der Waals surface area contributed by atoms with Gasteiger partial charge in [0.1, 0.15) is 11.1 Å². The van der Waals surface area contributed by atoms with Crippen molar-refractivity contribution in [3.63, 3.8) is 0 Å². The molecule has 2 aromatic rings. The summed E-state index contributed by atoms with van der Waals surface area (Å²) in [7, 11) is 0. The largest absolute Gasteiger partial charge is 0.480 e. The molecule has 2 N–H and O–H groups in total. The summed E-state index contributed by atoms with van der Waals surface area (Å²) >= 11 is 1.29. The Balaban J connectivity index is 1.87. The minimum absolute atomic E-state index is 0.135. The standard InChI is InChI=1S/C16H19N3O4S/c1-2-10-3-5-16(6-4-10,14(22)23)18-12(20)11-9-17-15-19(13(11)21)7-8-24-15/h7-10H,2-6H2,1H3,(H,18,20)(H,22,23). The number of hydrogen-bond acceptors (Lipinski definition) is 5. The molecule has 0 aliphatic heterocycles. The maximum absolute atomic E-state index is 12.5. The molecule has 0 aromatic carbocycles. The van der Waals surface area contributed by atoms with Crippen molar-refractivity contribution in [3.05, 3.63) is 33.7 Å². The Bertz CT molecular complexity index is 833. The van der Waals surface area contributed by atoms with Crippen molar-refractivity contribution in [2.24, 2.45) is 5.92 Å². The number of nitrogens with one attached hydrogen (secondary N) is 1. The van der Waals surface area contributed by atoms with Gasteiger partial charge in [0.2, 0.25) is 0 Å². The van der Waals surface area contributed by atoms with Crippen LogP contribution in [0.2, 0.25) is 0 Å². The lowest BCUT2D eigenvalue weighted by atomic mass is 9.75. The second-order valence-electron chi connectivity index (χ2n) is 6.23. The molecule has 1 saturated carbocycles. The van der Waals surface area contributed by atoms with Crippen LogP contribution >= 0.6 is 11.3 Å². The Kier molecular flexibility index (Phi) is 4.40. The molecule has 0 radical (unpaired) electrons. The Morgan fingerprint density at radius 2 is 2.17 bits per heavy atom. The van der Waals surface area contributed by atoms with E-state index in [-0.39, 0.29) is 5.56 Å². The summed E-state index contributed by atoms with van der Waals surface area (Å²) in [4.78, 5) is 41.3. The molecule has 1 aliphatic rings. The first-order valence-corrected chi connectivity index (χ1v) is 8.85. The minimum atomic E-state index is -1.30. The lowest BCUT2D eigenvalue weighted by Gasteiger charge is -2.37. The number of hydrogen-bond donors (Lipinski definition) is 2. The van der Waals surface area contributed by atoms with Gasteiger partial charge < -0.3 is 10.4 Å². The number of carboxylic acids is 1. The molecule has 1 fully saturated rings. The average molecular weight is 349 g/mol. The molecule has 2 aromatic heterocycles. The van der Waals surface area contributed by atoms with Gasteiger partial charge in [-0.1, -0.05) is 13.3 Å². The van der Waals surface area contributed by atoms with E-state index in [1.54, 1.807) is 11.6 Å². The van der Waals surface area contributed by atoms with Gasteiger partial charge in [0.05, 0.1) is 0 Å². The summed E-state index contributed by atoms with van der Waals surface area (Å²) in [6.45, 7) is 2.08. The number of thiazole rings is 1. The van der Waals surface area contributed by atoms with E-state index in [1.165, 1.54) is 21.9 Å². The van der Waals surface area contributed by atoms with Gasteiger partial charge in [-0.2, -0.15) is 0 Å². The second kappa shape index (κ2) is 6.35. The topological polar surface area (TPSA) is 101 Å². The molecule has 0 bridgehead atoms. The highest BCUT2D eigenvalue weighted by molar-refractivity contribution is 7.15. The number of nitrogens with zero attached hydrogens (tertiary/aromatic N) is 2. The zero-order chi connectivity index (χ0) is 17.3. The molecule has 3 rings (SSSR count). The predicted octanol–water partition coefficient (Wildman–Crippen LogP) is 1.91. The van der Waals surface area contributed by atoms with Gasteiger partial charge in [-0.25, -0.2) is 9.78 Å². The molecular formula is C16H19N3O4S. The quantitative estimate of drug-likeness (QED) is 0.878. The van der Waals surface area contributed by atoms with Crippen LogP contribution in [0.15, 0.2) is 22.6 Å². The van der Waals surface area contributed by atoms with E-state index in [9.17, 15) is 19.5 Å². The smallest absolute Gasteiger partial charge is 0.329 e. The zero-order valence-corrected chi connectivity index (χ0v) is 14.1. The molecule has 2 heterocycles. The van der Waals surface area contributed by atoms with E-state index in [4.69, 9.17) is 0 Å². The average Bonchev–Trinajstić information content (AvgIpc) is 3.05. The fraction of sp³-hybridized carbons (Fsp3) is 0.500. The highest BCUT2D eigenvalue weighted by Crippen LogP contribution is 2.34. The third kappa shape index (κ3) is 2.82. The van der Waals surface area contributed by atoms with Gasteiger partial charge in [-0.15, -0.1) is 11.3 Å². The predicted molar refractivity (Wildman–Crippen MR) is 89.4 cm³/mol. The van der Waals surface area contributed by atoms with Crippen LogP contribution < -0.4 is 10.9 Å². The summed E-state index contributed by atoms with van der Waals surface area (Å²) in [5.41, 5.74) is -1.92. The number of carboxylic acid groups (broad SMARTS) is 1. The molecule has 1 aliphatic carbocycles. The first kappa shape index (κ1) is 16.6. The summed E-state index contributed by atoms with van der Waals surface area (Å²) in [5.74, 6) is -1.23. The molecule has 7 nitrogen and oxygen atoms in total. The van der Waals surface area contributed by atoms with Crippen molar-refractivity contribution in [1.29, 1.82) is 0 Å². The normalized spacial score (nSPS) is 24.0. The van der Waals surface area contributed by atoms with Crippen molar-refractivity contribution in [2.75, 3.05) is 0 Å². The van der Waals surface area contributed by atoms with E-state index in [0.717, 1.165) is 19.3 Å². The Morgan fingerprint density at radius 1 is 1.46 bits per heavy atom. The van der Waals surface area contributed by atoms with Crippen LogP contribution in [0.25, 0.3) is 4.96 Å². The second-order valence-corrected chi connectivity index (χ2v) is 7.10. The van der Waals surface area contributed by atoms with Crippen LogP contribution in [-0.4, -0.2) is 31.9 Å². The highest BCUT2D eigenvalue weighted by Gasteiger charge is 2.43. The number of aromatic nitrogens is 2.